The Kier molecular flexibility index (Phi) is 7.55. The first-order valence-corrected chi connectivity index (χ1v) is 18.3. The topological polar surface area (TPSA) is 69.4 Å². The molecule has 10 aromatic rings. The monoisotopic (exact) mass is 725 g/mol. The van der Waals surface area contributed by atoms with Crippen LogP contribution in [0.25, 0.3) is 75.4 Å². The minimum atomic E-state index is 0.557. The van der Waals surface area contributed by atoms with E-state index in [4.69, 9.17) is 13.1 Å². The lowest BCUT2D eigenvalue weighted by molar-refractivity contribution is 1.17. The number of fused-ring (bicyclic) bond motifs is 7. The zero-order valence-electron chi connectivity index (χ0n) is 30.2. The summed E-state index contributed by atoms with van der Waals surface area (Å²) < 4.78 is 4.37. The van der Waals surface area contributed by atoms with Crippen LogP contribution in [-0.4, -0.2) is 9.13 Å². The summed E-state index contributed by atoms with van der Waals surface area (Å²) in [5.41, 5.74) is 10.9. The van der Waals surface area contributed by atoms with Gasteiger partial charge in [-0.2, -0.15) is 10.5 Å². The normalized spacial score (nSPS) is 11.1. The molecule has 0 saturated heterocycles. The van der Waals surface area contributed by atoms with E-state index >= 15 is 0 Å². The number of nitriles is 2. The van der Waals surface area contributed by atoms with Crippen LogP contribution in [0.5, 0.6) is 0 Å². The predicted molar refractivity (Wildman–Crippen MR) is 229 cm³/mol. The molecule has 2 aromatic heterocycles. The Balaban J connectivity index is 1.11. The van der Waals surface area contributed by atoms with Crippen LogP contribution in [-0.2, 0) is 0 Å². The summed E-state index contributed by atoms with van der Waals surface area (Å²) in [7, 11) is 0. The Morgan fingerprint density at radius 3 is 1.30 bits per heavy atom. The standard InChI is InChI=1S/C50H27N7/c1-53-36-10-23-49-45(28-36)46-29-37(54-2)11-24-50(46)57(49)41-19-15-39(16-20-41)55(42-12-9-34-5-3-4-6-35(34)27-42)38-13-17-40(18-14-38)56-47-21-7-32(30-51)25-43(47)44-26-33(31-52)8-22-48(44)56/h3-29H. The van der Waals surface area contributed by atoms with Gasteiger partial charge in [-0.15, -0.1) is 0 Å². The van der Waals surface area contributed by atoms with Gasteiger partial charge in [0.05, 0.1) is 58.5 Å². The summed E-state index contributed by atoms with van der Waals surface area (Å²) in [4.78, 5) is 9.59. The van der Waals surface area contributed by atoms with Crippen molar-refractivity contribution in [1.82, 2.24) is 9.13 Å². The highest BCUT2D eigenvalue weighted by Gasteiger charge is 2.18. The number of hydrogen-bond donors (Lipinski definition) is 0. The summed E-state index contributed by atoms with van der Waals surface area (Å²) in [6.07, 6.45) is 0. The highest BCUT2D eigenvalue weighted by molar-refractivity contribution is 6.12. The van der Waals surface area contributed by atoms with Crippen LogP contribution in [0.2, 0.25) is 0 Å². The maximum absolute atomic E-state index is 9.67. The third kappa shape index (κ3) is 5.32. The van der Waals surface area contributed by atoms with Crippen molar-refractivity contribution < 1.29 is 0 Å². The summed E-state index contributed by atoms with van der Waals surface area (Å²) in [5, 5.41) is 25.4. The maximum atomic E-state index is 9.67. The molecule has 10 rings (SSSR count). The molecule has 0 aliphatic carbocycles. The number of hydrogen-bond acceptors (Lipinski definition) is 3. The Hall–Kier alpha value is -8.62. The van der Waals surface area contributed by atoms with Gasteiger partial charge < -0.3 is 14.0 Å². The quantitative estimate of drug-likeness (QED) is 0.166. The molecule has 0 radical (unpaired) electrons. The molecule has 0 aliphatic heterocycles. The molecular formula is C50H27N7. The van der Waals surface area contributed by atoms with Crippen LogP contribution in [0.4, 0.5) is 28.4 Å². The van der Waals surface area contributed by atoms with Gasteiger partial charge >= 0.3 is 0 Å². The molecule has 8 aromatic carbocycles. The lowest BCUT2D eigenvalue weighted by atomic mass is 10.1. The van der Waals surface area contributed by atoms with Crippen molar-refractivity contribution in [2.24, 2.45) is 0 Å². The largest absolute Gasteiger partial charge is 0.310 e. The van der Waals surface area contributed by atoms with Crippen molar-refractivity contribution in [3.63, 3.8) is 0 Å². The van der Waals surface area contributed by atoms with Crippen LogP contribution in [0.3, 0.4) is 0 Å². The van der Waals surface area contributed by atoms with E-state index in [2.05, 4.69) is 121 Å². The molecule has 7 heteroatoms. The van der Waals surface area contributed by atoms with E-state index in [0.29, 0.717) is 22.5 Å². The second kappa shape index (κ2) is 13.0. The second-order valence-corrected chi connectivity index (χ2v) is 13.9. The molecular weight excluding hydrogens is 699 g/mol. The highest BCUT2D eigenvalue weighted by atomic mass is 15.1. The summed E-state index contributed by atoms with van der Waals surface area (Å²) in [6, 6.07) is 59.2. The Labute approximate surface area is 327 Å². The van der Waals surface area contributed by atoms with Crippen LogP contribution in [0, 0.1) is 35.8 Å². The zero-order chi connectivity index (χ0) is 38.6. The first-order chi connectivity index (χ1) is 28.0. The molecule has 0 atom stereocenters. The lowest BCUT2D eigenvalue weighted by Gasteiger charge is -2.26. The van der Waals surface area contributed by atoms with E-state index in [1.165, 1.54) is 0 Å². The lowest BCUT2D eigenvalue weighted by Crippen LogP contribution is -2.10. The molecule has 0 bridgehead atoms. The van der Waals surface area contributed by atoms with Gasteiger partial charge in [-0.3, -0.25) is 0 Å². The average Bonchev–Trinajstić information content (AvgIpc) is 3.77. The Morgan fingerprint density at radius 2 is 0.842 bits per heavy atom. The maximum Gasteiger partial charge on any atom is 0.188 e. The van der Waals surface area contributed by atoms with Gasteiger partial charge in [0.2, 0.25) is 0 Å². The molecule has 0 N–H and O–H groups in total. The van der Waals surface area contributed by atoms with E-state index in [9.17, 15) is 10.5 Å². The van der Waals surface area contributed by atoms with Gasteiger partial charge in [-0.05, 0) is 143 Å². The van der Waals surface area contributed by atoms with Gasteiger partial charge in [0.25, 0.3) is 0 Å². The fourth-order valence-corrected chi connectivity index (χ4v) is 8.12. The van der Waals surface area contributed by atoms with Crippen molar-refractivity contribution in [3.8, 4) is 23.5 Å². The first kappa shape index (κ1) is 33.0. The van der Waals surface area contributed by atoms with Crippen LogP contribution in [0.1, 0.15) is 11.1 Å². The molecule has 0 unspecified atom stereocenters. The summed E-state index contributed by atoms with van der Waals surface area (Å²) >= 11 is 0. The molecule has 7 nitrogen and oxygen atoms in total. The van der Waals surface area contributed by atoms with Gasteiger partial charge in [-0.1, -0.05) is 42.5 Å². The van der Waals surface area contributed by atoms with E-state index in [0.717, 1.165) is 82.8 Å². The second-order valence-electron chi connectivity index (χ2n) is 13.9. The Morgan fingerprint density at radius 1 is 0.421 bits per heavy atom. The average molecular weight is 726 g/mol. The molecule has 0 saturated carbocycles. The van der Waals surface area contributed by atoms with Crippen molar-refractivity contribution in [1.29, 1.82) is 10.5 Å². The molecule has 0 aliphatic rings. The number of aromatic nitrogens is 2. The summed E-state index contributed by atoms with van der Waals surface area (Å²) in [6.45, 7) is 15.2. The van der Waals surface area contributed by atoms with E-state index in [1.54, 1.807) is 0 Å². The minimum Gasteiger partial charge on any atom is -0.310 e. The fourth-order valence-electron chi connectivity index (χ4n) is 8.12. The Bertz CT molecular complexity index is 3110. The van der Waals surface area contributed by atoms with Crippen molar-refractivity contribution in [3.05, 3.63) is 198 Å². The number of anilines is 3. The van der Waals surface area contributed by atoms with Crippen LogP contribution >= 0.6 is 0 Å². The number of rotatable bonds is 5. The summed E-state index contributed by atoms with van der Waals surface area (Å²) in [5.74, 6) is 0. The zero-order valence-corrected chi connectivity index (χ0v) is 30.2. The molecule has 57 heavy (non-hydrogen) atoms. The third-order valence-electron chi connectivity index (χ3n) is 10.7. The van der Waals surface area contributed by atoms with Gasteiger partial charge in [0.15, 0.2) is 11.4 Å². The van der Waals surface area contributed by atoms with Crippen LogP contribution < -0.4 is 4.90 Å². The molecule has 0 spiro atoms. The van der Waals surface area contributed by atoms with Crippen LogP contribution in [0.15, 0.2) is 164 Å². The van der Waals surface area contributed by atoms with E-state index < -0.39 is 0 Å². The molecule has 262 valence electrons. The van der Waals surface area contributed by atoms with Gasteiger partial charge in [-0.25, -0.2) is 9.69 Å². The minimum absolute atomic E-state index is 0.557. The fraction of sp³-hybridized carbons (Fsp3) is 0. The smallest absolute Gasteiger partial charge is 0.188 e. The molecule has 0 fully saturated rings. The third-order valence-corrected chi connectivity index (χ3v) is 10.7. The van der Waals surface area contributed by atoms with Crippen molar-refractivity contribution >= 4 is 82.8 Å². The molecule has 0 amide bonds. The number of nitrogens with zero attached hydrogens (tertiary/aromatic N) is 7. The van der Waals surface area contributed by atoms with Crippen molar-refractivity contribution in [2.45, 2.75) is 0 Å². The molecule has 2 heterocycles. The van der Waals surface area contributed by atoms with E-state index in [1.807, 2.05) is 78.9 Å². The van der Waals surface area contributed by atoms with Crippen molar-refractivity contribution in [2.75, 3.05) is 4.90 Å². The SMILES string of the molecule is [C-]#[N+]c1ccc2c(c1)c1cc([N+]#[C-])ccc1n2-c1ccc(N(c2ccc(-n3c4ccc(C#N)cc4c4cc(C#N)ccc43)cc2)c2ccc3ccccc3c2)cc1. The van der Waals surface area contributed by atoms with Gasteiger partial charge in [0, 0.05) is 39.2 Å². The predicted octanol–water partition coefficient (Wildman–Crippen LogP) is 13.3. The van der Waals surface area contributed by atoms with E-state index in [-0.39, 0.29) is 0 Å². The van der Waals surface area contributed by atoms with Gasteiger partial charge in [0.1, 0.15) is 0 Å². The number of benzene rings is 8. The first-order valence-electron chi connectivity index (χ1n) is 18.3. The highest BCUT2D eigenvalue weighted by Crippen LogP contribution is 2.41.